The molecule has 0 aliphatic carbocycles. The van der Waals surface area contributed by atoms with Gasteiger partial charge in [0.05, 0.1) is 34.4 Å². The Labute approximate surface area is 195 Å². The third-order valence-electron chi connectivity index (χ3n) is 4.62. The molecule has 12 heteroatoms. The van der Waals surface area contributed by atoms with Gasteiger partial charge in [0, 0.05) is 30.5 Å². The molecule has 0 bridgehead atoms. The molecule has 1 aromatic heterocycles. The van der Waals surface area contributed by atoms with Gasteiger partial charge in [-0.2, -0.15) is 0 Å². The fraction of sp³-hybridized carbons (Fsp3) is 0.286. The number of benzene rings is 2. The molecular weight excluding hydrogens is 480 g/mol. The van der Waals surface area contributed by atoms with E-state index in [-0.39, 0.29) is 48.0 Å². The number of halogens is 3. The number of ketones is 1. The molecule has 3 aromatic rings. The van der Waals surface area contributed by atoms with Gasteiger partial charge >= 0.3 is 0 Å². The summed E-state index contributed by atoms with van der Waals surface area (Å²) in [6.07, 6.45) is 1.82. The second-order valence-corrected chi connectivity index (χ2v) is 7.97. The molecule has 0 saturated heterocycles. The summed E-state index contributed by atoms with van der Waals surface area (Å²) in [5.74, 6) is -3.21. The molecule has 0 radical (unpaired) electrons. The van der Waals surface area contributed by atoms with Crippen molar-refractivity contribution in [2.45, 2.75) is 12.8 Å². The predicted molar refractivity (Wildman–Crippen MR) is 117 cm³/mol. The van der Waals surface area contributed by atoms with Crippen LogP contribution in [0.25, 0.3) is 11.0 Å². The summed E-state index contributed by atoms with van der Waals surface area (Å²) in [6.45, 7) is 0.679. The molecule has 0 spiro atoms. The van der Waals surface area contributed by atoms with E-state index < -0.39 is 34.2 Å². The predicted octanol–water partition coefficient (Wildman–Crippen LogP) is 3.13. The monoisotopic (exact) mass is 498 g/mol. The second-order valence-electron chi connectivity index (χ2n) is 6.84. The Morgan fingerprint density at radius 1 is 1.24 bits per heavy atom. The lowest BCUT2D eigenvalue weighted by molar-refractivity contribution is 0.103. The van der Waals surface area contributed by atoms with E-state index in [0.29, 0.717) is 17.6 Å². The summed E-state index contributed by atoms with van der Waals surface area (Å²) < 4.78 is 62.4. The van der Waals surface area contributed by atoms with Crippen molar-refractivity contribution in [3.8, 4) is 5.88 Å². The summed E-state index contributed by atoms with van der Waals surface area (Å²) in [7, 11) is 1.53. The Morgan fingerprint density at radius 2 is 2.03 bits per heavy atom. The number of hydrogen-bond donors (Lipinski definition) is 1. The number of nitrogens with zero attached hydrogens (tertiary/aromatic N) is 2. The fourth-order valence-corrected chi connectivity index (χ4v) is 3.68. The maximum atomic E-state index is 14.6. The number of methoxy groups -OCH3 is 1. The second kappa shape index (κ2) is 11.5. The van der Waals surface area contributed by atoms with Crippen molar-refractivity contribution in [2.24, 2.45) is 0 Å². The van der Waals surface area contributed by atoms with Crippen molar-refractivity contribution in [2.75, 3.05) is 26.9 Å². The van der Waals surface area contributed by atoms with E-state index in [4.69, 9.17) is 21.1 Å². The maximum Gasteiger partial charge on any atom is 0.232 e. The molecule has 0 amide bonds. The highest BCUT2D eigenvalue weighted by Crippen LogP contribution is 2.30. The molecule has 3 rings (SSSR count). The zero-order chi connectivity index (χ0) is 24.0. The molecule has 176 valence electrons. The molecule has 0 aliphatic rings. The van der Waals surface area contributed by atoms with E-state index in [0.717, 1.165) is 6.07 Å². The van der Waals surface area contributed by atoms with Crippen LogP contribution in [-0.2, 0) is 22.4 Å². The quantitative estimate of drug-likeness (QED) is 0.187. The number of carbonyl (C=O) groups is 1. The van der Waals surface area contributed by atoms with Gasteiger partial charge in [-0.15, -0.1) is 0 Å². The summed E-state index contributed by atoms with van der Waals surface area (Å²) in [5.41, 5.74) is 0.409. The van der Waals surface area contributed by atoms with Gasteiger partial charge in [0.1, 0.15) is 6.61 Å². The van der Waals surface area contributed by atoms with Crippen molar-refractivity contribution in [3.05, 3.63) is 63.8 Å². The van der Waals surface area contributed by atoms with Gasteiger partial charge in [-0.05, 0) is 42.7 Å². The van der Waals surface area contributed by atoms with Crippen LogP contribution in [0.5, 0.6) is 5.88 Å². The zero-order valence-corrected chi connectivity index (χ0v) is 19.0. The van der Waals surface area contributed by atoms with E-state index in [1.165, 1.54) is 31.5 Å². The summed E-state index contributed by atoms with van der Waals surface area (Å²) in [6, 6.07) is 5.23. The van der Waals surface area contributed by atoms with Crippen molar-refractivity contribution in [1.82, 2.24) is 14.7 Å². The normalized spacial score (nSPS) is 12.2. The third kappa shape index (κ3) is 6.27. The van der Waals surface area contributed by atoms with Crippen LogP contribution in [-0.4, -0.2) is 51.4 Å². The average Bonchev–Trinajstić information content (AvgIpc) is 2.79. The van der Waals surface area contributed by atoms with Crippen molar-refractivity contribution < 1.29 is 31.8 Å². The highest BCUT2D eigenvalue weighted by atomic mass is 35.5. The molecule has 0 fully saturated rings. The Hall–Kier alpha value is -2.57. The third-order valence-corrected chi connectivity index (χ3v) is 5.49. The van der Waals surface area contributed by atoms with Gasteiger partial charge in [-0.25, -0.2) is 23.5 Å². The minimum Gasteiger partial charge on any atom is -0.760 e. The topological polar surface area (TPSA) is 113 Å². The maximum absolute atomic E-state index is 14.6. The van der Waals surface area contributed by atoms with Gasteiger partial charge in [-0.1, -0.05) is 11.6 Å². The molecule has 1 N–H and O–H groups in total. The largest absolute Gasteiger partial charge is 0.760 e. The lowest BCUT2D eigenvalue weighted by atomic mass is 9.98. The Balaban J connectivity index is 1.90. The standard InChI is InChI=1S/C21H20ClF2N3O5S/c1-31-7-8-32-17-11-25-15-5-4-13(10-16(15)27-17)21(28)18-19(22)12(9-14(23)20(18)24)3-2-6-26-33(29)30/h4-5,9-11,26H,2-3,6-8H2,1H3,(H,29,30)/p-1. The number of rotatable bonds is 11. The van der Waals surface area contributed by atoms with Crippen molar-refractivity contribution in [1.29, 1.82) is 0 Å². The number of carbonyl (C=O) groups excluding carboxylic acids is 1. The Kier molecular flexibility index (Phi) is 8.75. The first-order chi connectivity index (χ1) is 15.8. The fourth-order valence-electron chi connectivity index (χ4n) is 3.05. The van der Waals surface area contributed by atoms with Crippen LogP contribution in [0.4, 0.5) is 8.78 Å². The lowest BCUT2D eigenvalue weighted by Gasteiger charge is -2.12. The first-order valence-corrected chi connectivity index (χ1v) is 11.2. The Morgan fingerprint density at radius 3 is 2.76 bits per heavy atom. The van der Waals surface area contributed by atoms with E-state index in [2.05, 4.69) is 14.7 Å². The first kappa shape index (κ1) is 25.1. The minimum absolute atomic E-state index is 0.0339. The molecule has 2 aromatic carbocycles. The minimum atomic E-state index is -2.44. The summed E-state index contributed by atoms with van der Waals surface area (Å²) in [4.78, 5) is 21.5. The lowest BCUT2D eigenvalue weighted by Crippen LogP contribution is -2.18. The van der Waals surface area contributed by atoms with Gasteiger partial charge < -0.3 is 14.0 Å². The van der Waals surface area contributed by atoms with Crippen LogP contribution in [0.2, 0.25) is 5.02 Å². The molecule has 8 nitrogen and oxygen atoms in total. The first-order valence-electron chi connectivity index (χ1n) is 9.74. The molecular formula is C21H19ClF2N3O5S-. The number of aromatic nitrogens is 2. The van der Waals surface area contributed by atoms with E-state index in [1.807, 2.05) is 0 Å². The van der Waals surface area contributed by atoms with Crippen LogP contribution < -0.4 is 9.46 Å². The number of aryl methyl sites for hydroxylation is 1. The van der Waals surface area contributed by atoms with Crippen molar-refractivity contribution >= 4 is 39.7 Å². The molecule has 33 heavy (non-hydrogen) atoms. The van der Waals surface area contributed by atoms with E-state index in [9.17, 15) is 22.3 Å². The van der Waals surface area contributed by atoms with E-state index >= 15 is 0 Å². The number of nitrogens with one attached hydrogen (secondary N) is 1. The highest BCUT2D eigenvalue weighted by Gasteiger charge is 2.24. The zero-order valence-electron chi connectivity index (χ0n) is 17.4. The van der Waals surface area contributed by atoms with Crippen molar-refractivity contribution in [3.63, 3.8) is 0 Å². The molecule has 0 aliphatic heterocycles. The number of ether oxygens (including phenoxy) is 2. The summed E-state index contributed by atoms with van der Waals surface area (Å²) >= 11 is 3.82. The number of hydrogen-bond acceptors (Lipinski definition) is 7. The van der Waals surface area contributed by atoms with E-state index in [1.54, 1.807) is 0 Å². The molecule has 1 heterocycles. The van der Waals surface area contributed by atoms with Gasteiger partial charge in [-0.3, -0.25) is 9.00 Å². The van der Waals surface area contributed by atoms with Gasteiger partial charge in [0.15, 0.2) is 17.4 Å². The average molecular weight is 499 g/mol. The number of fused-ring (bicyclic) bond motifs is 1. The molecule has 1 atom stereocenters. The molecule has 0 saturated carbocycles. The Bertz CT molecular complexity index is 1200. The van der Waals surface area contributed by atoms with Gasteiger partial charge in [0.25, 0.3) is 0 Å². The van der Waals surface area contributed by atoms with Crippen LogP contribution in [0.1, 0.15) is 27.9 Å². The van der Waals surface area contributed by atoms with Crippen LogP contribution in [0.3, 0.4) is 0 Å². The SMILES string of the molecule is COCCOc1cnc2ccc(C(=O)c3c(F)c(F)cc(CCCNS(=O)[O-])c3Cl)cc2n1. The van der Waals surface area contributed by atoms with Crippen LogP contribution in [0.15, 0.2) is 30.5 Å². The van der Waals surface area contributed by atoms with Crippen LogP contribution in [0, 0.1) is 11.6 Å². The summed E-state index contributed by atoms with van der Waals surface area (Å²) in [5, 5.41) is -0.232. The highest BCUT2D eigenvalue weighted by molar-refractivity contribution is 7.77. The molecule has 1 unspecified atom stereocenters. The smallest absolute Gasteiger partial charge is 0.232 e. The van der Waals surface area contributed by atoms with Gasteiger partial charge in [0.2, 0.25) is 5.88 Å². The van der Waals surface area contributed by atoms with Crippen LogP contribution >= 0.6 is 11.6 Å².